The number of rotatable bonds is 4. The van der Waals surface area contributed by atoms with E-state index in [-0.39, 0.29) is 11.6 Å². The second kappa shape index (κ2) is 5.28. The first-order valence-corrected chi connectivity index (χ1v) is 6.71. The van der Waals surface area contributed by atoms with Crippen molar-refractivity contribution in [1.82, 2.24) is 4.90 Å². The van der Waals surface area contributed by atoms with Crippen LogP contribution in [0, 0.1) is 5.82 Å². The van der Waals surface area contributed by atoms with Gasteiger partial charge in [-0.15, -0.1) is 0 Å². The zero-order valence-electron chi connectivity index (χ0n) is 10.3. The minimum atomic E-state index is -1.09. The van der Waals surface area contributed by atoms with Crippen LogP contribution in [0.5, 0.6) is 0 Å². The Hall–Kier alpha value is -1.43. The number of benzene rings is 1. The van der Waals surface area contributed by atoms with E-state index < -0.39 is 23.7 Å². The number of carbonyl (C=O) groups excluding carboxylic acids is 1. The molecule has 102 valence electrons. The van der Waals surface area contributed by atoms with Gasteiger partial charge in [0.25, 0.3) is 5.91 Å². The fourth-order valence-corrected chi connectivity index (χ4v) is 2.26. The van der Waals surface area contributed by atoms with Crippen molar-refractivity contribution < 1.29 is 19.1 Å². The minimum absolute atomic E-state index is 0.0943. The summed E-state index contributed by atoms with van der Waals surface area (Å²) in [5.74, 6) is -2.30. The van der Waals surface area contributed by atoms with Crippen LogP contribution in [0.1, 0.15) is 30.1 Å². The van der Waals surface area contributed by atoms with Gasteiger partial charge in [0, 0.05) is 10.5 Å². The van der Waals surface area contributed by atoms with Crippen LogP contribution in [-0.4, -0.2) is 34.0 Å². The van der Waals surface area contributed by atoms with E-state index >= 15 is 0 Å². The molecule has 2 rings (SSSR count). The topological polar surface area (TPSA) is 57.6 Å². The van der Waals surface area contributed by atoms with Crippen LogP contribution < -0.4 is 0 Å². The number of carbonyl (C=O) groups is 2. The quantitative estimate of drug-likeness (QED) is 0.923. The molecule has 1 aliphatic carbocycles. The molecule has 1 aliphatic rings. The van der Waals surface area contributed by atoms with E-state index in [1.807, 2.05) is 0 Å². The summed E-state index contributed by atoms with van der Waals surface area (Å²) in [5, 5.41) is 9.04. The second-order valence-corrected chi connectivity index (χ2v) is 5.50. The zero-order valence-corrected chi connectivity index (χ0v) is 11.9. The standard InChI is InChI=1S/C13H13BrFNO3/c1-7(13(18)19)16(9-3-4-9)12(17)10-5-2-8(14)6-11(10)15/h2,5-7,9H,3-4H2,1H3,(H,18,19). The van der Waals surface area contributed by atoms with Crippen molar-refractivity contribution in [3.8, 4) is 0 Å². The molecule has 1 N–H and O–H groups in total. The van der Waals surface area contributed by atoms with E-state index in [1.165, 1.54) is 24.0 Å². The van der Waals surface area contributed by atoms with Crippen molar-refractivity contribution >= 4 is 27.8 Å². The van der Waals surface area contributed by atoms with Gasteiger partial charge in [0.15, 0.2) is 0 Å². The van der Waals surface area contributed by atoms with Crippen molar-refractivity contribution in [1.29, 1.82) is 0 Å². The van der Waals surface area contributed by atoms with Crippen LogP contribution in [-0.2, 0) is 4.79 Å². The molecule has 1 fully saturated rings. The second-order valence-electron chi connectivity index (χ2n) is 4.58. The predicted molar refractivity (Wildman–Crippen MR) is 70.4 cm³/mol. The van der Waals surface area contributed by atoms with Gasteiger partial charge < -0.3 is 10.0 Å². The third-order valence-corrected chi connectivity index (χ3v) is 3.60. The Bertz CT molecular complexity index is 531. The first-order valence-electron chi connectivity index (χ1n) is 5.92. The predicted octanol–water partition coefficient (Wildman–Crippen LogP) is 2.67. The molecule has 6 heteroatoms. The SMILES string of the molecule is CC(C(=O)O)N(C(=O)c1ccc(Br)cc1F)C1CC1. The molecule has 0 aromatic heterocycles. The summed E-state index contributed by atoms with van der Waals surface area (Å²) < 4.78 is 14.3. The van der Waals surface area contributed by atoms with E-state index in [0.29, 0.717) is 4.47 Å². The maximum atomic E-state index is 13.8. The largest absolute Gasteiger partial charge is 0.480 e. The summed E-state index contributed by atoms with van der Waals surface area (Å²) in [7, 11) is 0. The molecular weight excluding hydrogens is 317 g/mol. The third kappa shape index (κ3) is 2.94. The van der Waals surface area contributed by atoms with E-state index in [9.17, 15) is 14.0 Å². The molecule has 1 aromatic carbocycles. The van der Waals surface area contributed by atoms with Crippen LogP contribution in [0.2, 0.25) is 0 Å². The van der Waals surface area contributed by atoms with Crippen molar-refractivity contribution in [3.63, 3.8) is 0 Å². The summed E-state index contributed by atoms with van der Waals surface area (Å²) >= 11 is 3.12. The highest BCUT2D eigenvalue weighted by molar-refractivity contribution is 9.10. The number of halogens is 2. The number of carboxylic acids is 1. The smallest absolute Gasteiger partial charge is 0.326 e. The molecule has 0 spiro atoms. The Kier molecular flexibility index (Phi) is 3.89. The third-order valence-electron chi connectivity index (χ3n) is 3.11. The summed E-state index contributed by atoms with van der Waals surface area (Å²) in [6.45, 7) is 1.44. The van der Waals surface area contributed by atoms with Crippen molar-refractivity contribution in [2.45, 2.75) is 31.8 Å². The number of nitrogens with zero attached hydrogens (tertiary/aromatic N) is 1. The van der Waals surface area contributed by atoms with Gasteiger partial charge in [-0.25, -0.2) is 9.18 Å². The Morgan fingerprint density at radius 2 is 2.11 bits per heavy atom. The highest BCUT2D eigenvalue weighted by Crippen LogP contribution is 2.31. The summed E-state index contributed by atoms with van der Waals surface area (Å²) in [6.07, 6.45) is 1.53. The first-order chi connectivity index (χ1) is 8.91. The Balaban J connectivity index is 2.31. The average molecular weight is 330 g/mol. The fraction of sp³-hybridized carbons (Fsp3) is 0.385. The van der Waals surface area contributed by atoms with Gasteiger partial charge in [-0.1, -0.05) is 15.9 Å². The van der Waals surface area contributed by atoms with E-state index in [4.69, 9.17) is 5.11 Å². The average Bonchev–Trinajstić information content (AvgIpc) is 3.13. The Labute approximate surface area is 118 Å². The molecule has 1 atom stereocenters. The highest BCUT2D eigenvalue weighted by Gasteiger charge is 2.39. The van der Waals surface area contributed by atoms with E-state index in [0.717, 1.165) is 12.8 Å². The lowest BCUT2D eigenvalue weighted by Crippen LogP contribution is -2.45. The van der Waals surface area contributed by atoms with Crippen LogP contribution >= 0.6 is 15.9 Å². The molecule has 1 aromatic rings. The Morgan fingerprint density at radius 1 is 1.47 bits per heavy atom. The number of amides is 1. The molecule has 1 amide bonds. The molecule has 4 nitrogen and oxygen atoms in total. The lowest BCUT2D eigenvalue weighted by atomic mass is 10.1. The molecular formula is C13H13BrFNO3. The molecule has 1 saturated carbocycles. The van der Waals surface area contributed by atoms with Crippen LogP contribution in [0.3, 0.4) is 0 Å². The summed E-state index contributed by atoms with van der Waals surface area (Å²) in [5.41, 5.74) is -0.0943. The zero-order chi connectivity index (χ0) is 14.2. The normalized spacial score (nSPS) is 15.9. The van der Waals surface area contributed by atoms with Gasteiger partial charge in [0.1, 0.15) is 11.9 Å². The number of aliphatic carboxylic acids is 1. The van der Waals surface area contributed by atoms with Crippen molar-refractivity contribution in [2.75, 3.05) is 0 Å². The van der Waals surface area contributed by atoms with Gasteiger partial charge >= 0.3 is 5.97 Å². The maximum Gasteiger partial charge on any atom is 0.326 e. The molecule has 0 heterocycles. The van der Waals surface area contributed by atoms with Gasteiger partial charge in [-0.05, 0) is 38.0 Å². The minimum Gasteiger partial charge on any atom is -0.480 e. The van der Waals surface area contributed by atoms with Crippen LogP contribution in [0.25, 0.3) is 0 Å². The van der Waals surface area contributed by atoms with Crippen molar-refractivity contribution in [2.24, 2.45) is 0 Å². The highest BCUT2D eigenvalue weighted by atomic mass is 79.9. The van der Waals surface area contributed by atoms with Gasteiger partial charge in [0.2, 0.25) is 0 Å². The van der Waals surface area contributed by atoms with Gasteiger partial charge in [0.05, 0.1) is 5.56 Å². The van der Waals surface area contributed by atoms with Gasteiger partial charge in [-0.2, -0.15) is 0 Å². The number of hydrogen-bond donors (Lipinski definition) is 1. The van der Waals surface area contributed by atoms with E-state index in [2.05, 4.69) is 15.9 Å². The summed E-state index contributed by atoms with van der Waals surface area (Å²) in [6, 6.07) is 3.08. The number of hydrogen-bond acceptors (Lipinski definition) is 2. The lowest BCUT2D eigenvalue weighted by Gasteiger charge is -2.26. The monoisotopic (exact) mass is 329 g/mol. The lowest BCUT2D eigenvalue weighted by molar-refractivity contribution is -0.141. The fourth-order valence-electron chi connectivity index (χ4n) is 1.93. The van der Waals surface area contributed by atoms with E-state index in [1.54, 1.807) is 6.07 Å². The Morgan fingerprint density at radius 3 is 2.58 bits per heavy atom. The van der Waals surface area contributed by atoms with Crippen LogP contribution in [0.4, 0.5) is 4.39 Å². The number of carboxylic acid groups (broad SMARTS) is 1. The molecule has 0 saturated heterocycles. The van der Waals surface area contributed by atoms with Crippen LogP contribution in [0.15, 0.2) is 22.7 Å². The van der Waals surface area contributed by atoms with Crippen molar-refractivity contribution in [3.05, 3.63) is 34.1 Å². The molecule has 19 heavy (non-hydrogen) atoms. The molecule has 0 radical (unpaired) electrons. The molecule has 0 bridgehead atoms. The molecule has 1 unspecified atom stereocenters. The maximum absolute atomic E-state index is 13.8. The first kappa shape index (κ1) is 14.0. The summed E-state index contributed by atoms with van der Waals surface area (Å²) in [4.78, 5) is 24.6. The molecule has 0 aliphatic heterocycles. The van der Waals surface area contributed by atoms with Gasteiger partial charge in [-0.3, -0.25) is 4.79 Å².